The standard InChI is InChI=1S/C20H29ClN4O3.HI/c1-2-22-20(23-7-4-10-25-9-3-5-18(25)26)24-8-6-15-13-16(21)19-17(14-15)27-11-12-28-19;/h13-14H,2-12H2,1H3,(H2,22,23,24);1H. The maximum atomic E-state index is 11.6. The highest BCUT2D eigenvalue weighted by molar-refractivity contribution is 14.0. The molecule has 1 fully saturated rings. The summed E-state index contributed by atoms with van der Waals surface area (Å²) >= 11 is 6.30. The molecule has 2 aliphatic heterocycles. The first-order valence-corrected chi connectivity index (χ1v) is 10.4. The summed E-state index contributed by atoms with van der Waals surface area (Å²) in [6, 6.07) is 3.91. The fraction of sp³-hybridized carbons (Fsp3) is 0.600. The van der Waals surface area contributed by atoms with Gasteiger partial charge in [-0.3, -0.25) is 9.79 Å². The molecule has 0 saturated carbocycles. The van der Waals surface area contributed by atoms with Crippen molar-refractivity contribution in [3.63, 3.8) is 0 Å². The number of nitrogens with one attached hydrogen (secondary N) is 2. The lowest BCUT2D eigenvalue weighted by Gasteiger charge is -2.20. The van der Waals surface area contributed by atoms with E-state index in [2.05, 4.69) is 15.6 Å². The van der Waals surface area contributed by atoms with Crippen LogP contribution in [-0.4, -0.2) is 62.7 Å². The first kappa shape index (κ1) is 23.9. The summed E-state index contributed by atoms with van der Waals surface area (Å²) in [4.78, 5) is 18.2. The summed E-state index contributed by atoms with van der Waals surface area (Å²) in [6.45, 7) is 7.01. The largest absolute Gasteiger partial charge is 0.486 e. The van der Waals surface area contributed by atoms with Gasteiger partial charge in [0.1, 0.15) is 13.2 Å². The van der Waals surface area contributed by atoms with Gasteiger partial charge in [-0.1, -0.05) is 11.6 Å². The van der Waals surface area contributed by atoms with Crippen molar-refractivity contribution in [2.24, 2.45) is 4.99 Å². The van der Waals surface area contributed by atoms with E-state index in [1.165, 1.54) is 0 Å². The number of benzene rings is 1. The van der Waals surface area contributed by atoms with Gasteiger partial charge >= 0.3 is 0 Å². The Bertz CT molecular complexity index is 717. The second-order valence-electron chi connectivity index (χ2n) is 6.88. The van der Waals surface area contributed by atoms with Crippen LogP contribution in [0.4, 0.5) is 0 Å². The molecular weight excluding hydrogens is 507 g/mol. The van der Waals surface area contributed by atoms with Crippen LogP contribution in [0, 0.1) is 0 Å². The van der Waals surface area contributed by atoms with Gasteiger partial charge in [-0.25, -0.2) is 0 Å². The number of hydrogen-bond acceptors (Lipinski definition) is 4. The highest BCUT2D eigenvalue weighted by Crippen LogP contribution is 2.38. The van der Waals surface area contributed by atoms with Crippen LogP contribution < -0.4 is 20.1 Å². The molecule has 0 radical (unpaired) electrons. The number of carbonyl (C=O) groups excluding carboxylic acids is 1. The second kappa shape index (κ2) is 12.3. The molecule has 1 saturated heterocycles. The van der Waals surface area contributed by atoms with E-state index in [4.69, 9.17) is 21.1 Å². The summed E-state index contributed by atoms with van der Waals surface area (Å²) < 4.78 is 11.2. The molecule has 0 unspecified atom stereocenters. The molecule has 29 heavy (non-hydrogen) atoms. The quantitative estimate of drug-likeness (QED) is 0.231. The Labute approximate surface area is 194 Å². The minimum Gasteiger partial charge on any atom is -0.486 e. The lowest BCUT2D eigenvalue weighted by Crippen LogP contribution is -2.38. The van der Waals surface area contributed by atoms with Crippen LogP contribution in [0.2, 0.25) is 5.02 Å². The first-order valence-electron chi connectivity index (χ1n) is 10.1. The highest BCUT2D eigenvalue weighted by atomic mass is 127. The van der Waals surface area contributed by atoms with Gasteiger partial charge in [0.2, 0.25) is 5.91 Å². The molecule has 0 spiro atoms. The number of aliphatic imine (C=N–C) groups is 1. The Hall–Kier alpha value is -1.42. The normalized spacial score (nSPS) is 15.9. The molecular formula is C20H30ClIN4O3. The van der Waals surface area contributed by atoms with E-state index in [0.29, 0.717) is 42.7 Å². The van der Waals surface area contributed by atoms with E-state index in [9.17, 15) is 4.79 Å². The van der Waals surface area contributed by atoms with Crippen molar-refractivity contribution in [3.8, 4) is 11.5 Å². The fourth-order valence-electron chi connectivity index (χ4n) is 3.37. The number of fused-ring (bicyclic) bond motifs is 1. The Morgan fingerprint density at radius 3 is 2.86 bits per heavy atom. The lowest BCUT2D eigenvalue weighted by atomic mass is 10.1. The molecule has 162 valence electrons. The maximum absolute atomic E-state index is 11.6. The van der Waals surface area contributed by atoms with Crippen molar-refractivity contribution < 1.29 is 14.3 Å². The fourth-order valence-corrected chi connectivity index (χ4v) is 3.66. The Kier molecular flexibility index (Phi) is 10.1. The third kappa shape index (κ3) is 7.09. The number of hydrogen-bond donors (Lipinski definition) is 2. The number of guanidine groups is 1. The molecule has 9 heteroatoms. The van der Waals surface area contributed by atoms with Crippen LogP contribution in [0.15, 0.2) is 17.1 Å². The molecule has 0 aliphatic carbocycles. The van der Waals surface area contributed by atoms with E-state index in [0.717, 1.165) is 57.0 Å². The van der Waals surface area contributed by atoms with E-state index < -0.39 is 0 Å². The number of halogens is 2. The first-order chi connectivity index (χ1) is 13.7. The van der Waals surface area contributed by atoms with Gasteiger partial charge in [0.15, 0.2) is 17.5 Å². The van der Waals surface area contributed by atoms with E-state index in [1.54, 1.807) is 0 Å². The zero-order chi connectivity index (χ0) is 19.8. The van der Waals surface area contributed by atoms with Crippen molar-refractivity contribution in [1.29, 1.82) is 0 Å². The number of ether oxygens (including phenoxy) is 2. The summed E-state index contributed by atoms with van der Waals surface area (Å²) in [6.07, 6.45) is 3.34. The van der Waals surface area contributed by atoms with Crippen molar-refractivity contribution >= 4 is 47.4 Å². The highest BCUT2D eigenvalue weighted by Gasteiger charge is 2.19. The van der Waals surface area contributed by atoms with Gasteiger partial charge in [-0.15, -0.1) is 24.0 Å². The summed E-state index contributed by atoms with van der Waals surface area (Å²) in [5.41, 5.74) is 1.09. The van der Waals surface area contributed by atoms with Gasteiger partial charge in [0.25, 0.3) is 0 Å². The van der Waals surface area contributed by atoms with Gasteiger partial charge in [-0.2, -0.15) is 0 Å². The number of amides is 1. The summed E-state index contributed by atoms with van der Waals surface area (Å²) in [5.74, 6) is 2.41. The topological polar surface area (TPSA) is 75.2 Å². The average molecular weight is 537 g/mol. The predicted molar refractivity (Wildman–Crippen MR) is 126 cm³/mol. The third-order valence-electron chi connectivity index (χ3n) is 4.73. The molecule has 0 bridgehead atoms. The van der Waals surface area contributed by atoms with Gasteiger partial charge < -0.3 is 25.0 Å². The minimum atomic E-state index is 0. The van der Waals surface area contributed by atoms with E-state index >= 15 is 0 Å². The third-order valence-corrected chi connectivity index (χ3v) is 5.02. The number of likely N-dealkylation sites (tertiary alicyclic amines) is 1. The van der Waals surface area contributed by atoms with Gasteiger partial charge in [0.05, 0.1) is 5.02 Å². The van der Waals surface area contributed by atoms with Crippen LogP contribution >= 0.6 is 35.6 Å². The molecule has 0 atom stereocenters. The van der Waals surface area contributed by atoms with E-state index in [1.807, 2.05) is 24.0 Å². The lowest BCUT2D eigenvalue weighted by molar-refractivity contribution is -0.127. The van der Waals surface area contributed by atoms with Crippen LogP contribution in [0.5, 0.6) is 11.5 Å². The SMILES string of the molecule is CCNC(=NCCCN1CCCC1=O)NCCc1cc(Cl)c2c(c1)OCCO2.I. The van der Waals surface area contributed by atoms with Gasteiger partial charge in [0, 0.05) is 39.1 Å². The molecule has 3 rings (SSSR count). The molecule has 0 aromatic heterocycles. The number of rotatable bonds is 8. The Morgan fingerprint density at radius 2 is 2.10 bits per heavy atom. The predicted octanol–water partition coefficient (Wildman–Crippen LogP) is 2.84. The molecule has 2 aliphatic rings. The molecule has 1 aromatic rings. The Morgan fingerprint density at radius 1 is 1.28 bits per heavy atom. The Balaban J connectivity index is 0.00000300. The second-order valence-corrected chi connectivity index (χ2v) is 7.28. The summed E-state index contributed by atoms with van der Waals surface area (Å²) in [7, 11) is 0. The van der Waals surface area contributed by atoms with Crippen LogP contribution in [0.1, 0.15) is 31.7 Å². The minimum absolute atomic E-state index is 0. The average Bonchev–Trinajstić information content (AvgIpc) is 3.10. The molecule has 7 nitrogen and oxygen atoms in total. The number of nitrogens with zero attached hydrogens (tertiary/aromatic N) is 2. The monoisotopic (exact) mass is 536 g/mol. The molecule has 1 aromatic carbocycles. The van der Waals surface area contributed by atoms with Crippen molar-refractivity contribution in [2.75, 3.05) is 45.9 Å². The van der Waals surface area contributed by atoms with Crippen LogP contribution in [0.3, 0.4) is 0 Å². The van der Waals surface area contributed by atoms with E-state index in [-0.39, 0.29) is 29.9 Å². The maximum Gasteiger partial charge on any atom is 0.222 e. The van der Waals surface area contributed by atoms with Crippen molar-refractivity contribution in [2.45, 2.75) is 32.6 Å². The molecule has 2 N–H and O–H groups in total. The van der Waals surface area contributed by atoms with Gasteiger partial charge in [-0.05, 0) is 43.9 Å². The summed E-state index contributed by atoms with van der Waals surface area (Å²) in [5, 5.41) is 7.19. The zero-order valence-corrected chi connectivity index (χ0v) is 19.9. The van der Waals surface area contributed by atoms with Crippen LogP contribution in [0.25, 0.3) is 0 Å². The van der Waals surface area contributed by atoms with Crippen LogP contribution in [-0.2, 0) is 11.2 Å². The molecule has 2 heterocycles. The van der Waals surface area contributed by atoms with Crippen molar-refractivity contribution in [1.82, 2.24) is 15.5 Å². The number of carbonyl (C=O) groups is 1. The molecule has 1 amide bonds. The van der Waals surface area contributed by atoms with Crippen molar-refractivity contribution in [3.05, 3.63) is 22.7 Å². The smallest absolute Gasteiger partial charge is 0.222 e. The zero-order valence-electron chi connectivity index (χ0n) is 16.8.